The molecule has 1 aromatic rings. The van der Waals surface area contributed by atoms with Gasteiger partial charge in [0.25, 0.3) is 0 Å². The highest BCUT2D eigenvalue weighted by molar-refractivity contribution is 7.80. The lowest BCUT2D eigenvalue weighted by atomic mass is 10.1. The number of amides is 2. The summed E-state index contributed by atoms with van der Waals surface area (Å²) < 4.78 is 1.61. The van der Waals surface area contributed by atoms with E-state index in [1.54, 1.807) is 23.6 Å². The summed E-state index contributed by atoms with van der Waals surface area (Å²) in [4.78, 5) is 25.5. The Morgan fingerprint density at radius 1 is 1.55 bits per heavy atom. The minimum atomic E-state index is -0.435. The zero-order chi connectivity index (χ0) is 15.0. The Labute approximate surface area is 122 Å². The Morgan fingerprint density at radius 3 is 2.75 bits per heavy atom. The summed E-state index contributed by atoms with van der Waals surface area (Å²) in [7, 11) is 1.74. The first-order chi connectivity index (χ1) is 9.36. The summed E-state index contributed by atoms with van der Waals surface area (Å²) in [5, 5.41) is 6.63. The molecule has 1 fully saturated rings. The van der Waals surface area contributed by atoms with E-state index >= 15 is 0 Å². The monoisotopic (exact) mass is 295 g/mol. The Balaban J connectivity index is 2.56. The second-order valence-electron chi connectivity index (χ2n) is 4.74. The number of piperazine rings is 1. The first-order valence-corrected chi connectivity index (χ1v) is 6.71. The fourth-order valence-electron chi connectivity index (χ4n) is 2.56. The summed E-state index contributed by atoms with van der Waals surface area (Å²) in [5.74, 6) is -0.0333. The van der Waals surface area contributed by atoms with E-state index < -0.39 is 6.04 Å². The average molecular weight is 295 g/mol. The Morgan fingerprint density at radius 2 is 2.20 bits per heavy atom. The maximum atomic E-state index is 12.0. The number of anilines is 1. The van der Waals surface area contributed by atoms with Gasteiger partial charge in [-0.25, -0.2) is 0 Å². The van der Waals surface area contributed by atoms with E-state index in [9.17, 15) is 9.59 Å². The van der Waals surface area contributed by atoms with Crippen LogP contribution in [0.5, 0.6) is 0 Å². The zero-order valence-corrected chi connectivity index (χ0v) is 12.5. The van der Waals surface area contributed by atoms with Gasteiger partial charge in [-0.05, 0) is 13.3 Å². The van der Waals surface area contributed by atoms with E-state index in [0.29, 0.717) is 23.5 Å². The van der Waals surface area contributed by atoms with Crippen molar-refractivity contribution < 1.29 is 9.59 Å². The summed E-state index contributed by atoms with van der Waals surface area (Å²) in [5.41, 5.74) is 7.06. The minimum absolute atomic E-state index is 0.0822. The van der Waals surface area contributed by atoms with Crippen LogP contribution in [0.15, 0.2) is 0 Å². The van der Waals surface area contributed by atoms with Crippen molar-refractivity contribution in [2.24, 2.45) is 12.8 Å². The topological polar surface area (TPSA) is 93.2 Å². The number of hydrogen-bond donors (Lipinski definition) is 2. The van der Waals surface area contributed by atoms with E-state index in [1.807, 2.05) is 6.92 Å². The fraction of sp³-hybridized carbons (Fsp3) is 0.500. The SMILES string of the molecule is CCC1C(=O)NC(=O)CN1c1c(C(N)=S)c(C)nn1C. The van der Waals surface area contributed by atoms with Crippen molar-refractivity contribution in [3.8, 4) is 0 Å². The number of aryl methyl sites for hydroxylation is 2. The smallest absolute Gasteiger partial charge is 0.249 e. The van der Waals surface area contributed by atoms with Gasteiger partial charge in [0.1, 0.15) is 16.8 Å². The molecule has 3 N–H and O–H groups in total. The van der Waals surface area contributed by atoms with Gasteiger partial charge in [0.05, 0.1) is 17.8 Å². The molecular formula is C12H17N5O2S. The largest absolute Gasteiger partial charge is 0.389 e. The summed E-state index contributed by atoms with van der Waals surface area (Å²) >= 11 is 5.07. The average Bonchev–Trinajstić information content (AvgIpc) is 2.63. The van der Waals surface area contributed by atoms with Crippen LogP contribution in [-0.4, -0.2) is 39.2 Å². The van der Waals surface area contributed by atoms with E-state index in [-0.39, 0.29) is 23.3 Å². The molecule has 8 heteroatoms. The number of nitrogens with zero attached hydrogens (tertiary/aromatic N) is 3. The lowest BCUT2D eigenvalue weighted by molar-refractivity contribution is -0.132. The number of aromatic nitrogens is 2. The standard InChI is InChI=1S/C12H17N5O2S/c1-4-7-11(19)14-8(18)5-17(7)12-9(10(13)20)6(2)15-16(12)3/h7H,4-5H2,1-3H3,(H2,13,20)(H,14,18,19). The molecule has 2 heterocycles. The van der Waals surface area contributed by atoms with Crippen LogP contribution in [0.4, 0.5) is 5.82 Å². The Bertz CT molecular complexity index is 595. The van der Waals surface area contributed by atoms with Crippen molar-refractivity contribution in [1.82, 2.24) is 15.1 Å². The fourth-order valence-corrected chi connectivity index (χ4v) is 2.80. The van der Waals surface area contributed by atoms with Gasteiger partial charge in [0.2, 0.25) is 11.8 Å². The van der Waals surface area contributed by atoms with Crippen molar-refractivity contribution in [1.29, 1.82) is 0 Å². The second kappa shape index (κ2) is 5.20. The first-order valence-electron chi connectivity index (χ1n) is 6.30. The van der Waals surface area contributed by atoms with Crippen LogP contribution in [0.25, 0.3) is 0 Å². The first kappa shape index (κ1) is 14.4. The van der Waals surface area contributed by atoms with Crippen molar-refractivity contribution >= 4 is 34.8 Å². The number of nitrogens with one attached hydrogen (secondary N) is 1. The number of carbonyl (C=O) groups is 2. The van der Waals surface area contributed by atoms with Crippen LogP contribution in [0.2, 0.25) is 0 Å². The second-order valence-corrected chi connectivity index (χ2v) is 5.18. The molecule has 1 atom stereocenters. The quantitative estimate of drug-likeness (QED) is 0.582. The van der Waals surface area contributed by atoms with Gasteiger partial charge in [-0.3, -0.25) is 19.6 Å². The molecule has 108 valence electrons. The molecule has 1 unspecified atom stereocenters. The van der Waals surface area contributed by atoms with Crippen LogP contribution in [0.3, 0.4) is 0 Å². The number of thiocarbonyl (C=S) groups is 1. The van der Waals surface area contributed by atoms with E-state index in [0.717, 1.165) is 0 Å². The van der Waals surface area contributed by atoms with Gasteiger partial charge in [0.15, 0.2) is 0 Å². The van der Waals surface area contributed by atoms with Crippen molar-refractivity contribution in [2.45, 2.75) is 26.3 Å². The third-order valence-electron chi connectivity index (χ3n) is 3.35. The van der Waals surface area contributed by atoms with Gasteiger partial charge >= 0.3 is 0 Å². The Kier molecular flexibility index (Phi) is 3.76. The van der Waals surface area contributed by atoms with Gasteiger partial charge in [-0.15, -0.1) is 0 Å². The third kappa shape index (κ3) is 2.26. The molecule has 0 aliphatic carbocycles. The molecular weight excluding hydrogens is 278 g/mol. The van der Waals surface area contributed by atoms with Crippen LogP contribution in [0.1, 0.15) is 24.6 Å². The van der Waals surface area contributed by atoms with Gasteiger partial charge < -0.3 is 10.6 Å². The van der Waals surface area contributed by atoms with Crippen LogP contribution < -0.4 is 16.0 Å². The van der Waals surface area contributed by atoms with Crippen LogP contribution in [-0.2, 0) is 16.6 Å². The number of carbonyl (C=O) groups excluding carboxylic acids is 2. The van der Waals surface area contributed by atoms with E-state index in [2.05, 4.69) is 10.4 Å². The van der Waals surface area contributed by atoms with Crippen LogP contribution >= 0.6 is 12.2 Å². The highest BCUT2D eigenvalue weighted by atomic mass is 32.1. The molecule has 7 nitrogen and oxygen atoms in total. The summed E-state index contributed by atoms with van der Waals surface area (Å²) in [6.07, 6.45) is 0.570. The van der Waals surface area contributed by atoms with E-state index in [1.165, 1.54) is 0 Å². The highest BCUT2D eigenvalue weighted by Gasteiger charge is 2.36. The number of nitrogens with two attached hydrogens (primary N) is 1. The molecule has 0 bridgehead atoms. The lowest BCUT2D eigenvalue weighted by Gasteiger charge is -2.35. The maximum absolute atomic E-state index is 12.0. The zero-order valence-electron chi connectivity index (χ0n) is 11.6. The number of imide groups is 1. The third-order valence-corrected chi connectivity index (χ3v) is 3.56. The Hall–Kier alpha value is -1.96. The normalized spacial score (nSPS) is 19.1. The molecule has 1 aromatic heterocycles. The van der Waals surface area contributed by atoms with Gasteiger partial charge in [0, 0.05) is 7.05 Å². The van der Waals surface area contributed by atoms with Gasteiger partial charge in [-0.1, -0.05) is 19.1 Å². The summed E-state index contributed by atoms with van der Waals surface area (Å²) in [6.45, 7) is 3.76. The highest BCUT2D eigenvalue weighted by Crippen LogP contribution is 2.27. The summed E-state index contributed by atoms with van der Waals surface area (Å²) in [6, 6.07) is -0.435. The minimum Gasteiger partial charge on any atom is -0.389 e. The molecule has 0 radical (unpaired) electrons. The number of rotatable bonds is 3. The lowest BCUT2D eigenvalue weighted by Crippen LogP contribution is -2.58. The van der Waals surface area contributed by atoms with E-state index in [4.69, 9.17) is 18.0 Å². The van der Waals surface area contributed by atoms with Crippen LogP contribution in [0, 0.1) is 6.92 Å². The molecule has 1 aliphatic heterocycles. The predicted molar refractivity (Wildman–Crippen MR) is 78.4 cm³/mol. The maximum Gasteiger partial charge on any atom is 0.249 e. The molecule has 2 rings (SSSR count). The van der Waals surface area contributed by atoms with Gasteiger partial charge in [-0.2, -0.15) is 5.10 Å². The predicted octanol–water partition coefficient (Wildman–Crippen LogP) is -0.396. The van der Waals surface area contributed by atoms with Crippen molar-refractivity contribution in [2.75, 3.05) is 11.4 Å². The number of hydrogen-bond acceptors (Lipinski definition) is 5. The molecule has 0 spiro atoms. The van der Waals surface area contributed by atoms with Crippen molar-refractivity contribution in [3.05, 3.63) is 11.3 Å². The van der Waals surface area contributed by atoms with Crippen molar-refractivity contribution in [3.63, 3.8) is 0 Å². The molecule has 0 saturated carbocycles. The molecule has 0 aromatic carbocycles. The molecule has 1 aliphatic rings. The molecule has 20 heavy (non-hydrogen) atoms. The molecule has 2 amide bonds. The molecule has 1 saturated heterocycles.